The van der Waals surface area contributed by atoms with Gasteiger partial charge in [-0.25, -0.2) is 0 Å². The van der Waals surface area contributed by atoms with Gasteiger partial charge in [0.2, 0.25) is 0 Å². The number of aliphatic hydroxyl groups is 1. The largest absolute Gasteiger partial charge is 0.508 e. The first kappa shape index (κ1) is 35.0. The molecule has 270 valence electrons. The Bertz CT molecular complexity index is 2510. The summed E-state index contributed by atoms with van der Waals surface area (Å²) in [4.78, 5) is 0. The highest BCUT2D eigenvalue weighted by Gasteiger charge is 2.16. The molecule has 1 atom stereocenters. The van der Waals surface area contributed by atoms with Crippen molar-refractivity contribution in [2.75, 3.05) is 13.2 Å². The summed E-state index contributed by atoms with van der Waals surface area (Å²) in [6, 6.07) is 40.6. The van der Waals surface area contributed by atoms with Gasteiger partial charge in [-0.15, -0.1) is 0 Å². The summed E-state index contributed by atoms with van der Waals surface area (Å²) < 4.78 is 12.2. The summed E-state index contributed by atoms with van der Waals surface area (Å²) in [5, 5.41) is 41.6. The molecule has 5 nitrogen and oxygen atoms in total. The number of benzene rings is 8. The molecule has 0 aliphatic rings. The van der Waals surface area contributed by atoms with Crippen LogP contribution in [-0.4, -0.2) is 34.6 Å². The lowest BCUT2D eigenvalue weighted by atomic mass is 9.91. The van der Waals surface area contributed by atoms with Crippen LogP contribution >= 0.6 is 0 Å². The Balaban J connectivity index is 0.992. The average Bonchev–Trinajstić information content (AvgIpc) is 3.17. The summed E-state index contributed by atoms with van der Waals surface area (Å²) >= 11 is 0. The zero-order chi connectivity index (χ0) is 37.5. The smallest absolute Gasteiger partial charge is 0.122 e. The number of aryl methyl sites for hydroxylation is 4. The van der Waals surface area contributed by atoms with Crippen LogP contribution in [-0.2, 0) is 12.8 Å². The molecule has 0 saturated carbocycles. The highest BCUT2D eigenvalue weighted by atomic mass is 16.5. The second kappa shape index (κ2) is 14.4. The number of hydrogen-bond donors (Lipinski definition) is 3. The molecule has 0 spiro atoms. The van der Waals surface area contributed by atoms with E-state index in [0.29, 0.717) is 24.3 Å². The monoisotopic (exact) mass is 712 g/mol. The van der Waals surface area contributed by atoms with Crippen molar-refractivity contribution in [2.24, 2.45) is 0 Å². The fraction of sp³-hybridized carbons (Fsp3) is 0.184. The van der Waals surface area contributed by atoms with E-state index in [2.05, 4.69) is 88.4 Å². The van der Waals surface area contributed by atoms with E-state index in [9.17, 15) is 15.3 Å². The molecule has 8 rings (SSSR count). The lowest BCUT2D eigenvalue weighted by Crippen LogP contribution is -2.25. The van der Waals surface area contributed by atoms with Crippen molar-refractivity contribution in [2.45, 2.75) is 46.6 Å². The molecule has 0 aliphatic carbocycles. The van der Waals surface area contributed by atoms with Crippen LogP contribution in [0, 0.1) is 27.7 Å². The first-order chi connectivity index (χ1) is 26.1. The fourth-order valence-corrected chi connectivity index (χ4v) is 7.71. The predicted octanol–water partition coefficient (Wildman–Crippen LogP) is 10.9. The molecule has 54 heavy (non-hydrogen) atoms. The third kappa shape index (κ3) is 6.91. The van der Waals surface area contributed by atoms with Crippen LogP contribution in [0.25, 0.3) is 43.1 Å². The van der Waals surface area contributed by atoms with Crippen molar-refractivity contribution in [3.8, 4) is 23.0 Å². The molecular weight excluding hydrogens is 669 g/mol. The molecular formula is C49H44O5. The second-order valence-corrected chi connectivity index (χ2v) is 14.7. The summed E-state index contributed by atoms with van der Waals surface area (Å²) in [5.41, 5.74) is 8.71. The van der Waals surface area contributed by atoms with Crippen molar-refractivity contribution in [3.63, 3.8) is 0 Å². The number of rotatable bonds is 10. The van der Waals surface area contributed by atoms with Gasteiger partial charge in [-0.2, -0.15) is 0 Å². The van der Waals surface area contributed by atoms with Crippen LogP contribution in [0.5, 0.6) is 23.0 Å². The molecule has 0 fully saturated rings. The summed E-state index contributed by atoms with van der Waals surface area (Å²) in [6.45, 7) is 8.48. The number of ether oxygens (including phenoxy) is 2. The molecule has 0 aliphatic heterocycles. The molecule has 0 radical (unpaired) electrons. The number of aromatic hydroxyl groups is 2. The Morgan fingerprint density at radius 2 is 0.778 bits per heavy atom. The molecule has 3 N–H and O–H groups in total. The highest BCUT2D eigenvalue weighted by Crippen LogP contribution is 2.36. The van der Waals surface area contributed by atoms with E-state index in [1.54, 1.807) is 12.1 Å². The van der Waals surface area contributed by atoms with Gasteiger partial charge in [0.1, 0.15) is 42.3 Å². The van der Waals surface area contributed by atoms with E-state index in [1.807, 2.05) is 48.5 Å². The predicted molar refractivity (Wildman–Crippen MR) is 221 cm³/mol. The second-order valence-electron chi connectivity index (χ2n) is 14.7. The maximum absolute atomic E-state index is 11.1. The average molecular weight is 713 g/mol. The van der Waals surface area contributed by atoms with Crippen LogP contribution < -0.4 is 9.47 Å². The van der Waals surface area contributed by atoms with E-state index in [4.69, 9.17) is 9.47 Å². The molecule has 0 aromatic heterocycles. The van der Waals surface area contributed by atoms with E-state index in [1.165, 1.54) is 27.5 Å². The Kier molecular flexibility index (Phi) is 9.35. The molecule has 0 heterocycles. The molecule has 0 bridgehead atoms. The number of phenols is 2. The van der Waals surface area contributed by atoms with Crippen LogP contribution in [0.2, 0.25) is 0 Å². The quantitative estimate of drug-likeness (QED) is 0.132. The molecule has 1 unspecified atom stereocenters. The third-order valence-electron chi connectivity index (χ3n) is 10.8. The Morgan fingerprint density at radius 3 is 1.24 bits per heavy atom. The zero-order valence-electron chi connectivity index (χ0n) is 31.1. The molecule has 8 aromatic carbocycles. The Morgan fingerprint density at radius 1 is 0.426 bits per heavy atom. The van der Waals surface area contributed by atoms with Crippen molar-refractivity contribution >= 4 is 43.1 Å². The number of aliphatic hydroxyl groups excluding tert-OH is 1. The van der Waals surface area contributed by atoms with Gasteiger partial charge in [0.15, 0.2) is 0 Å². The summed E-state index contributed by atoms with van der Waals surface area (Å²) in [7, 11) is 0. The first-order valence-corrected chi connectivity index (χ1v) is 18.5. The minimum Gasteiger partial charge on any atom is -0.508 e. The van der Waals surface area contributed by atoms with Gasteiger partial charge in [-0.1, -0.05) is 96.1 Å². The van der Waals surface area contributed by atoms with E-state index in [-0.39, 0.29) is 24.7 Å². The third-order valence-corrected chi connectivity index (χ3v) is 10.8. The van der Waals surface area contributed by atoms with Crippen molar-refractivity contribution in [1.82, 2.24) is 0 Å². The lowest BCUT2D eigenvalue weighted by molar-refractivity contribution is 0.0627. The maximum Gasteiger partial charge on any atom is 0.122 e. The Hall–Kier alpha value is -6.04. The van der Waals surface area contributed by atoms with Crippen LogP contribution in [0.1, 0.15) is 44.5 Å². The number of hydrogen-bond acceptors (Lipinski definition) is 5. The minimum absolute atomic E-state index is 0.0408. The molecule has 0 amide bonds. The van der Waals surface area contributed by atoms with Crippen molar-refractivity contribution < 1.29 is 24.8 Å². The zero-order valence-corrected chi connectivity index (χ0v) is 31.1. The van der Waals surface area contributed by atoms with Gasteiger partial charge in [0, 0.05) is 24.0 Å². The van der Waals surface area contributed by atoms with E-state index < -0.39 is 6.10 Å². The highest BCUT2D eigenvalue weighted by molar-refractivity contribution is 5.93. The molecule has 5 heteroatoms. The van der Waals surface area contributed by atoms with Gasteiger partial charge in [0.05, 0.1) is 0 Å². The minimum atomic E-state index is -0.880. The SMILES string of the molecule is Cc1ccc2ccc(C)c(Cc3c(O)ccc4ccc(OCC(O)COc5ccc6ccc(C)c(Cc7c(O)ccc8ccc(C)cc78)c6c5)cc34)c2c1. The van der Waals surface area contributed by atoms with Gasteiger partial charge < -0.3 is 24.8 Å². The summed E-state index contributed by atoms with van der Waals surface area (Å²) in [5.74, 6) is 1.79. The van der Waals surface area contributed by atoms with Gasteiger partial charge >= 0.3 is 0 Å². The van der Waals surface area contributed by atoms with E-state index in [0.717, 1.165) is 60.1 Å². The van der Waals surface area contributed by atoms with Crippen LogP contribution in [0.15, 0.2) is 121 Å². The van der Waals surface area contributed by atoms with Crippen LogP contribution in [0.3, 0.4) is 0 Å². The number of phenolic OH excluding ortho intramolecular Hbond substituents is 2. The molecule has 0 saturated heterocycles. The van der Waals surface area contributed by atoms with Crippen LogP contribution in [0.4, 0.5) is 0 Å². The van der Waals surface area contributed by atoms with Gasteiger partial charge in [-0.3, -0.25) is 0 Å². The van der Waals surface area contributed by atoms with Gasteiger partial charge in [-0.05, 0) is 129 Å². The normalized spacial score (nSPS) is 12.2. The summed E-state index contributed by atoms with van der Waals surface area (Å²) in [6.07, 6.45) is 0.266. The topological polar surface area (TPSA) is 79.2 Å². The maximum atomic E-state index is 11.1. The van der Waals surface area contributed by atoms with Gasteiger partial charge in [0.25, 0.3) is 0 Å². The van der Waals surface area contributed by atoms with E-state index >= 15 is 0 Å². The van der Waals surface area contributed by atoms with Crippen molar-refractivity contribution in [1.29, 1.82) is 0 Å². The lowest BCUT2D eigenvalue weighted by Gasteiger charge is -2.17. The standard InChI is InChI=1S/C49H44O5/c1-29-5-9-33-11-7-31(3)40(42(33)21-29)25-47-45-24-39(18-14-36(45)16-20-49(47)52)54-28-37(50)27-53-38-17-13-35-12-8-32(4)41(44(35)23-38)26-46-43-22-30(2)6-10-34(43)15-19-48(46)51/h5-24,37,50-52H,25-28H2,1-4H3. The number of fused-ring (bicyclic) bond motifs is 4. The fourth-order valence-electron chi connectivity index (χ4n) is 7.71. The Labute approximate surface area is 315 Å². The first-order valence-electron chi connectivity index (χ1n) is 18.5. The van der Waals surface area contributed by atoms with Crippen molar-refractivity contribution in [3.05, 3.63) is 166 Å². The molecule has 8 aromatic rings.